The first-order valence-electron chi connectivity index (χ1n) is 7.59. The molecule has 1 aliphatic heterocycles. The summed E-state index contributed by atoms with van der Waals surface area (Å²) < 4.78 is 30.6. The van der Waals surface area contributed by atoms with Gasteiger partial charge in [-0.05, 0) is 49.2 Å². The Bertz CT molecular complexity index is 870. The molecule has 0 saturated carbocycles. The minimum Gasteiger partial charge on any atom is -0.465 e. The van der Waals surface area contributed by atoms with Crippen molar-refractivity contribution in [2.24, 2.45) is 0 Å². The van der Waals surface area contributed by atoms with Crippen molar-refractivity contribution in [3.63, 3.8) is 0 Å². The van der Waals surface area contributed by atoms with Crippen molar-refractivity contribution < 1.29 is 17.6 Å². The van der Waals surface area contributed by atoms with Crippen molar-refractivity contribution in [3.8, 4) is 0 Å². The highest BCUT2D eigenvalue weighted by molar-refractivity contribution is 7.93. The molecule has 7 heteroatoms. The molecule has 126 valence electrons. The molecule has 0 bridgehead atoms. The minimum atomic E-state index is -3.24. The molecule has 6 nitrogen and oxygen atoms in total. The number of hydrogen-bond acceptors (Lipinski definition) is 4. The van der Waals surface area contributed by atoms with Crippen molar-refractivity contribution in [2.75, 3.05) is 21.9 Å². The van der Waals surface area contributed by atoms with E-state index in [0.29, 0.717) is 30.1 Å². The molecule has 2 aromatic rings. The van der Waals surface area contributed by atoms with Crippen LogP contribution in [0.1, 0.15) is 17.7 Å². The summed E-state index contributed by atoms with van der Waals surface area (Å²) in [6, 6.07) is 8.73. The maximum absolute atomic E-state index is 12.0. The molecule has 0 radical (unpaired) electrons. The number of nitrogens with one attached hydrogen (secondary N) is 1. The van der Waals surface area contributed by atoms with E-state index in [2.05, 4.69) is 5.32 Å². The Kier molecular flexibility index (Phi) is 4.44. The molecule has 1 aliphatic rings. The Hall–Kier alpha value is -2.54. The van der Waals surface area contributed by atoms with Gasteiger partial charge in [-0.1, -0.05) is 6.07 Å². The molecule has 2 heterocycles. The van der Waals surface area contributed by atoms with Crippen LogP contribution in [0.5, 0.6) is 0 Å². The summed E-state index contributed by atoms with van der Waals surface area (Å²) in [5.41, 5.74) is 2.02. The first-order valence-corrected chi connectivity index (χ1v) is 9.20. The standard InChI is InChI=1S/C17H18N2O4S/c1-13-5-6-14(19-9-3-11-24(19,21)22)12-16(13)18-17(20)8-7-15-4-2-10-23-15/h2,4-8,10,12H,3,9,11H2,1H3,(H,18,20)/b8-7+. The van der Waals surface area contributed by atoms with E-state index in [1.807, 2.05) is 6.92 Å². The van der Waals surface area contributed by atoms with E-state index >= 15 is 0 Å². The fourth-order valence-corrected chi connectivity index (χ4v) is 4.10. The normalized spacial score (nSPS) is 16.6. The molecule has 1 saturated heterocycles. The predicted octanol–water partition coefficient (Wildman–Crippen LogP) is 2.78. The van der Waals surface area contributed by atoms with Gasteiger partial charge < -0.3 is 9.73 Å². The summed E-state index contributed by atoms with van der Waals surface area (Å²) in [6.07, 6.45) is 5.09. The van der Waals surface area contributed by atoms with Crippen LogP contribution in [0.2, 0.25) is 0 Å². The first kappa shape index (κ1) is 16.3. The number of furan rings is 1. The molecule has 1 N–H and O–H groups in total. The van der Waals surface area contributed by atoms with Gasteiger partial charge in [0.05, 0.1) is 17.7 Å². The maximum atomic E-state index is 12.0. The van der Waals surface area contributed by atoms with Gasteiger partial charge in [-0.2, -0.15) is 0 Å². The van der Waals surface area contributed by atoms with E-state index < -0.39 is 10.0 Å². The monoisotopic (exact) mass is 346 g/mol. The first-order chi connectivity index (χ1) is 11.5. The van der Waals surface area contributed by atoms with Gasteiger partial charge in [-0.3, -0.25) is 9.10 Å². The van der Waals surface area contributed by atoms with Gasteiger partial charge in [0.25, 0.3) is 0 Å². The maximum Gasteiger partial charge on any atom is 0.248 e. The molecular formula is C17H18N2O4S. The number of nitrogens with zero attached hydrogens (tertiary/aromatic N) is 1. The van der Waals surface area contributed by atoms with Crippen molar-refractivity contribution in [3.05, 3.63) is 54.0 Å². The molecular weight excluding hydrogens is 328 g/mol. The summed E-state index contributed by atoms with van der Waals surface area (Å²) in [7, 11) is -3.24. The average molecular weight is 346 g/mol. The molecule has 0 unspecified atom stereocenters. The Morgan fingerprint density at radius 3 is 2.83 bits per heavy atom. The van der Waals surface area contributed by atoms with Gasteiger partial charge in [0.2, 0.25) is 15.9 Å². The second-order valence-corrected chi connectivity index (χ2v) is 7.59. The second kappa shape index (κ2) is 6.52. The lowest BCUT2D eigenvalue weighted by atomic mass is 10.1. The number of carbonyl (C=O) groups excluding carboxylic acids is 1. The fourth-order valence-electron chi connectivity index (χ4n) is 2.55. The Balaban J connectivity index is 1.78. The number of hydrogen-bond donors (Lipinski definition) is 1. The smallest absolute Gasteiger partial charge is 0.248 e. The summed E-state index contributed by atoms with van der Waals surface area (Å²) in [6.45, 7) is 2.32. The van der Waals surface area contributed by atoms with Crippen LogP contribution in [-0.4, -0.2) is 26.6 Å². The van der Waals surface area contributed by atoms with E-state index in [1.165, 1.54) is 16.6 Å². The number of sulfonamides is 1. The fraction of sp³-hybridized carbons (Fsp3) is 0.235. The largest absolute Gasteiger partial charge is 0.465 e. The van der Waals surface area contributed by atoms with E-state index in [1.54, 1.807) is 36.4 Å². The Labute approximate surface area is 140 Å². The van der Waals surface area contributed by atoms with Crippen LogP contribution < -0.4 is 9.62 Å². The third-order valence-electron chi connectivity index (χ3n) is 3.81. The van der Waals surface area contributed by atoms with Crippen LogP contribution in [0, 0.1) is 6.92 Å². The van der Waals surface area contributed by atoms with Crippen LogP contribution in [0.25, 0.3) is 6.08 Å². The SMILES string of the molecule is Cc1ccc(N2CCCS2(=O)=O)cc1NC(=O)/C=C/c1ccco1. The van der Waals surface area contributed by atoms with Gasteiger partial charge in [0.15, 0.2) is 0 Å². The van der Waals surface area contributed by atoms with Crippen LogP contribution in [0.3, 0.4) is 0 Å². The van der Waals surface area contributed by atoms with E-state index in [4.69, 9.17) is 4.42 Å². The highest BCUT2D eigenvalue weighted by Crippen LogP contribution is 2.28. The van der Waals surface area contributed by atoms with Crippen molar-refractivity contribution >= 4 is 33.4 Å². The van der Waals surface area contributed by atoms with Crippen LogP contribution in [-0.2, 0) is 14.8 Å². The van der Waals surface area contributed by atoms with Gasteiger partial charge in [-0.15, -0.1) is 0 Å². The quantitative estimate of drug-likeness (QED) is 0.863. The average Bonchev–Trinajstić information content (AvgIpc) is 3.16. The summed E-state index contributed by atoms with van der Waals surface area (Å²) in [5, 5.41) is 2.77. The lowest BCUT2D eigenvalue weighted by Crippen LogP contribution is -2.25. The summed E-state index contributed by atoms with van der Waals surface area (Å²) in [4.78, 5) is 12.0. The second-order valence-electron chi connectivity index (χ2n) is 5.58. The zero-order valence-electron chi connectivity index (χ0n) is 13.2. The zero-order valence-corrected chi connectivity index (χ0v) is 14.0. The van der Waals surface area contributed by atoms with E-state index in [0.717, 1.165) is 5.56 Å². The molecule has 1 amide bonds. The minimum absolute atomic E-state index is 0.161. The molecule has 1 aromatic heterocycles. The van der Waals surface area contributed by atoms with Crippen LogP contribution >= 0.6 is 0 Å². The van der Waals surface area contributed by atoms with E-state index in [9.17, 15) is 13.2 Å². The summed E-state index contributed by atoms with van der Waals surface area (Å²) >= 11 is 0. The molecule has 0 aliphatic carbocycles. The Morgan fingerprint density at radius 1 is 1.33 bits per heavy atom. The summed E-state index contributed by atoms with van der Waals surface area (Å²) in [5.74, 6) is 0.434. The van der Waals surface area contributed by atoms with Crippen LogP contribution in [0.15, 0.2) is 47.1 Å². The highest BCUT2D eigenvalue weighted by Gasteiger charge is 2.28. The van der Waals surface area contributed by atoms with Crippen molar-refractivity contribution in [1.29, 1.82) is 0 Å². The topological polar surface area (TPSA) is 79.6 Å². The number of aryl methyl sites for hydroxylation is 1. The number of benzene rings is 1. The van der Waals surface area contributed by atoms with Crippen molar-refractivity contribution in [2.45, 2.75) is 13.3 Å². The number of carbonyl (C=O) groups is 1. The number of rotatable bonds is 4. The van der Waals surface area contributed by atoms with Gasteiger partial charge in [0, 0.05) is 18.3 Å². The van der Waals surface area contributed by atoms with E-state index in [-0.39, 0.29) is 11.7 Å². The van der Waals surface area contributed by atoms with Gasteiger partial charge >= 0.3 is 0 Å². The molecule has 1 fully saturated rings. The number of amides is 1. The lowest BCUT2D eigenvalue weighted by molar-refractivity contribution is -0.111. The zero-order chi connectivity index (χ0) is 17.2. The lowest BCUT2D eigenvalue weighted by Gasteiger charge is -2.18. The molecule has 3 rings (SSSR count). The predicted molar refractivity (Wildman–Crippen MR) is 93.3 cm³/mol. The third kappa shape index (κ3) is 3.51. The van der Waals surface area contributed by atoms with Gasteiger partial charge in [-0.25, -0.2) is 8.42 Å². The molecule has 0 atom stereocenters. The Morgan fingerprint density at radius 2 is 2.17 bits per heavy atom. The van der Waals surface area contributed by atoms with Crippen LogP contribution in [0.4, 0.5) is 11.4 Å². The highest BCUT2D eigenvalue weighted by atomic mass is 32.2. The third-order valence-corrected chi connectivity index (χ3v) is 5.68. The number of anilines is 2. The van der Waals surface area contributed by atoms with Gasteiger partial charge in [0.1, 0.15) is 5.76 Å². The molecule has 0 spiro atoms. The molecule has 1 aromatic carbocycles. The van der Waals surface area contributed by atoms with Crippen molar-refractivity contribution in [1.82, 2.24) is 0 Å². The molecule has 24 heavy (non-hydrogen) atoms.